The third kappa shape index (κ3) is 6.07. The van der Waals surface area contributed by atoms with Crippen LogP contribution >= 0.6 is 0 Å². The molecule has 0 atom stereocenters. The van der Waals surface area contributed by atoms with Gasteiger partial charge >= 0.3 is 0 Å². The Labute approximate surface area is 157 Å². The minimum atomic E-state index is 1.28. The molecule has 0 aromatic heterocycles. The van der Waals surface area contributed by atoms with Gasteiger partial charge in [-0.2, -0.15) is 0 Å². The Morgan fingerprint density at radius 2 is 0.423 bits per heavy atom. The van der Waals surface area contributed by atoms with Crippen molar-refractivity contribution in [2.24, 2.45) is 0 Å². The molecular formula is C26H26. The van der Waals surface area contributed by atoms with Gasteiger partial charge in [-0.3, -0.25) is 0 Å². The minimum Gasteiger partial charge on any atom is -0.0683 e. The van der Waals surface area contributed by atoms with E-state index < -0.39 is 0 Å². The highest BCUT2D eigenvalue weighted by Crippen LogP contribution is 2.18. The van der Waals surface area contributed by atoms with Crippen LogP contribution < -0.4 is 0 Å². The molecule has 0 nitrogen and oxygen atoms in total. The predicted molar refractivity (Wildman–Crippen MR) is 115 cm³/mol. The van der Waals surface area contributed by atoms with Crippen LogP contribution in [0.3, 0.4) is 0 Å². The number of hydrogen-bond acceptors (Lipinski definition) is 0. The zero-order chi connectivity index (χ0) is 18.5. The first kappa shape index (κ1) is 19.2. The summed E-state index contributed by atoms with van der Waals surface area (Å²) in [5.74, 6) is 0. The van der Waals surface area contributed by atoms with Gasteiger partial charge in [0.2, 0.25) is 0 Å². The van der Waals surface area contributed by atoms with Crippen LogP contribution in [0.15, 0.2) is 121 Å². The molecule has 0 fully saturated rings. The Kier molecular flexibility index (Phi) is 8.45. The van der Waals surface area contributed by atoms with Crippen molar-refractivity contribution < 1.29 is 0 Å². The molecular weight excluding hydrogens is 312 g/mol. The highest BCUT2D eigenvalue weighted by Gasteiger charge is 1.92. The Hall–Kier alpha value is -3.12. The molecule has 0 saturated heterocycles. The summed E-state index contributed by atoms with van der Waals surface area (Å²) in [6.07, 6.45) is 0. The van der Waals surface area contributed by atoms with Crippen LogP contribution in [0.2, 0.25) is 0 Å². The number of benzene rings is 4. The zero-order valence-electron chi connectivity index (χ0n) is 15.5. The van der Waals surface area contributed by atoms with Gasteiger partial charge in [0.05, 0.1) is 0 Å². The highest BCUT2D eigenvalue weighted by atomic mass is 14.0. The van der Waals surface area contributed by atoms with Gasteiger partial charge in [-0.15, -0.1) is 0 Å². The van der Waals surface area contributed by atoms with E-state index in [-0.39, 0.29) is 0 Å². The van der Waals surface area contributed by atoms with E-state index >= 15 is 0 Å². The molecule has 26 heavy (non-hydrogen) atoms. The van der Waals surface area contributed by atoms with Crippen molar-refractivity contribution in [3.8, 4) is 22.3 Å². The lowest BCUT2D eigenvalue weighted by atomic mass is 10.1. The van der Waals surface area contributed by atoms with Crippen LogP contribution in [0.25, 0.3) is 22.3 Å². The molecule has 0 aliphatic carbocycles. The van der Waals surface area contributed by atoms with E-state index in [1.54, 1.807) is 0 Å². The summed E-state index contributed by atoms with van der Waals surface area (Å²) >= 11 is 0. The molecule has 0 amide bonds. The van der Waals surface area contributed by atoms with Crippen molar-refractivity contribution in [1.29, 1.82) is 0 Å². The van der Waals surface area contributed by atoms with E-state index in [0.717, 1.165) is 0 Å². The van der Waals surface area contributed by atoms with Gasteiger partial charge in [0.15, 0.2) is 0 Å². The van der Waals surface area contributed by atoms with Crippen molar-refractivity contribution in [2.45, 2.75) is 13.8 Å². The van der Waals surface area contributed by atoms with Crippen LogP contribution in [0, 0.1) is 0 Å². The van der Waals surface area contributed by atoms with E-state index in [9.17, 15) is 0 Å². The standard InChI is InChI=1S/2C12H10.C2H6/c2*1-3-7-11(8-4-1)12-9-5-2-6-10-12;1-2/h2*1-10H;1-2H3. The lowest BCUT2D eigenvalue weighted by Crippen LogP contribution is -1.73. The molecule has 0 saturated carbocycles. The van der Waals surface area contributed by atoms with Crippen molar-refractivity contribution in [2.75, 3.05) is 0 Å². The molecule has 130 valence electrons. The summed E-state index contributed by atoms with van der Waals surface area (Å²) in [6, 6.07) is 41.6. The molecule has 0 aliphatic rings. The smallest absolute Gasteiger partial charge is 0.0184 e. The number of hydrogen-bond donors (Lipinski definition) is 0. The summed E-state index contributed by atoms with van der Waals surface area (Å²) in [5, 5.41) is 0. The van der Waals surface area contributed by atoms with Crippen LogP contribution in [-0.2, 0) is 0 Å². The average Bonchev–Trinajstić information content (AvgIpc) is 2.78. The van der Waals surface area contributed by atoms with Crippen molar-refractivity contribution in [3.63, 3.8) is 0 Å². The van der Waals surface area contributed by atoms with Gasteiger partial charge in [-0.1, -0.05) is 135 Å². The second kappa shape index (κ2) is 11.4. The quantitative estimate of drug-likeness (QED) is 0.351. The van der Waals surface area contributed by atoms with Crippen LogP contribution in [-0.4, -0.2) is 0 Å². The SMILES string of the molecule is CC.c1ccc(-c2ccccc2)cc1.c1ccc(-c2ccccc2)cc1. The molecule has 4 aromatic rings. The fraction of sp³-hybridized carbons (Fsp3) is 0.0769. The zero-order valence-corrected chi connectivity index (χ0v) is 15.5. The molecule has 0 radical (unpaired) electrons. The van der Waals surface area contributed by atoms with E-state index in [1.165, 1.54) is 22.3 Å². The summed E-state index contributed by atoms with van der Waals surface area (Å²) in [6.45, 7) is 4.00. The van der Waals surface area contributed by atoms with Gasteiger partial charge in [-0.25, -0.2) is 0 Å². The summed E-state index contributed by atoms with van der Waals surface area (Å²) in [5.41, 5.74) is 5.10. The van der Waals surface area contributed by atoms with Crippen LogP contribution in [0.4, 0.5) is 0 Å². The Bertz CT molecular complexity index is 670. The Morgan fingerprint density at radius 3 is 0.577 bits per heavy atom. The van der Waals surface area contributed by atoms with Crippen molar-refractivity contribution >= 4 is 0 Å². The van der Waals surface area contributed by atoms with Gasteiger partial charge < -0.3 is 0 Å². The lowest BCUT2D eigenvalue weighted by molar-refractivity contribution is 1.50. The maximum absolute atomic E-state index is 2.12. The Balaban J connectivity index is 0.000000171. The molecule has 4 aromatic carbocycles. The van der Waals surface area contributed by atoms with Gasteiger partial charge in [0, 0.05) is 0 Å². The molecule has 0 heterocycles. The highest BCUT2D eigenvalue weighted by molar-refractivity contribution is 5.63. The fourth-order valence-corrected chi connectivity index (χ4v) is 2.52. The van der Waals surface area contributed by atoms with E-state index in [1.807, 2.05) is 38.1 Å². The molecule has 0 unspecified atom stereocenters. The van der Waals surface area contributed by atoms with Gasteiger partial charge in [0.25, 0.3) is 0 Å². The summed E-state index contributed by atoms with van der Waals surface area (Å²) < 4.78 is 0. The molecule has 0 aliphatic heterocycles. The minimum absolute atomic E-state index is 1.28. The molecule has 0 heteroatoms. The second-order valence-corrected chi connectivity index (χ2v) is 5.46. The summed E-state index contributed by atoms with van der Waals surface area (Å²) in [4.78, 5) is 0. The van der Waals surface area contributed by atoms with Crippen molar-refractivity contribution in [3.05, 3.63) is 121 Å². The van der Waals surface area contributed by atoms with Crippen LogP contribution in [0.1, 0.15) is 13.8 Å². The monoisotopic (exact) mass is 338 g/mol. The average molecular weight is 338 g/mol. The van der Waals surface area contributed by atoms with Gasteiger partial charge in [-0.05, 0) is 22.3 Å². The van der Waals surface area contributed by atoms with Crippen LogP contribution in [0.5, 0.6) is 0 Å². The molecule has 0 bridgehead atoms. The topological polar surface area (TPSA) is 0 Å². The maximum atomic E-state index is 2.12. The lowest BCUT2D eigenvalue weighted by Gasteiger charge is -1.98. The third-order valence-corrected chi connectivity index (χ3v) is 3.76. The first-order chi connectivity index (χ1) is 12.9. The number of rotatable bonds is 2. The molecule has 0 N–H and O–H groups in total. The van der Waals surface area contributed by atoms with Crippen molar-refractivity contribution in [1.82, 2.24) is 0 Å². The van der Waals surface area contributed by atoms with Gasteiger partial charge in [0.1, 0.15) is 0 Å². The largest absolute Gasteiger partial charge is 0.0683 e. The first-order valence-electron chi connectivity index (χ1n) is 9.14. The predicted octanol–water partition coefficient (Wildman–Crippen LogP) is 7.73. The van der Waals surface area contributed by atoms with E-state index in [0.29, 0.717) is 0 Å². The first-order valence-corrected chi connectivity index (χ1v) is 9.14. The Morgan fingerprint density at radius 1 is 0.269 bits per heavy atom. The molecule has 4 rings (SSSR count). The summed E-state index contributed by atoms with van der Waals surface area (Å²) in [7, 11) is 0. The van der Waals surface area contributed by atoms with E-state index in [4.69, 9.17) is 0 Å². The second-order valence-electron chi connectivity index (χ2n) is 5.46. The van der Waals surface area contributed by atoms with E-state index in [2.05, 4.69) is 97.1 Å². The fourth-order valence-electron chi connectivity index (χ4n) is 2.52. The third-order valence-electron chi connectivity index (χ3n) is 3.76. The maximum Gasteiger partial charge on any atom is -0.0184 e. The normalized spacial score (nSPS) is 9.15. The molecule has 0 spiro atoms.